The Morgan fingerprint density at radius 2 is 1.85 bits per heavy atom. The van der Waals surface area contributed by atoms with Gasteiger partial charge in [-0.3, -0.25) is 14.9 Å². The zero-order chi connectivity index (χ0) is 22.9. The number of non-ortho nitro benzene ring substituents is 1. The Morgan fingerprint density at radius 3 is 2.64 bits per heavy atom. The van der Waals surface area contributed by atoms with E-state index in [0.717, 1.165) is 22.4 Å². The maximum Gasteiger partial charge on any atom is 0.269 e. The highest BCUT2D eigenvalue weighted by Crippen LogP contribution is 2.36. The first-order chi connectivity index (χ1) is 16.0. The third kappa shape index (κ3) is 4.08. The van der Waals surface area contributed by atoms with Crippen molar-refractivity contribution in [2.45, 2.75) is 19.6 Å². The normalized spacial score (nSPS) is 17.5. The van der Waals surface area contributed by atoms with E-state index in [4.69, 9.17) is 14.2 Å². The molecular weight excluding hydrogens is 422 g/mol. The number of fused-ring (bicyclic) bond motifs is 2. The first-order valence-corrected chi connectivity index (χ1v) is 10.4. The number of carbonyl (C=O) groups is 1. The number of para-hydroxylation sites is 1. The highest BCUT2D eigenvalue weighted by atomic mass is 16.6. The quantitative estimate of drug-likeness (QED) is 0.295. The molecule has 0 spiro atoms. The summed E-state index contributed by atoms with van der Waals surface area (Å²) in [5.74, 6) is 1.81. The smallest absolute Gasteiger partial charge is 0.269 e. The van der Waals surface area contributed by atoms with Crippen LogP contribution in [0.15, 0.2) is 84.1 Å². The maximum atomic E-state index is 12.8. The molecule has 0 aromatic heterocycles. The lowest BCUT2D eigenvalue weighted by Gasteiger charge is -2.22. The summed E-state index contributed by atoms with van der Waals surface area (Å²) in [7, 11) is 0. The van der Waals surface area contributed by atoms with E-state index in [1.807, 2.05) is 37.3 Å². The fraction of sp³-hybridized carbons (Fsp3) is 0.115. The standard InChI is InChI=1S/C26H19NO6/c1-16-19(12-18-4-2-3-5-23(18)32-16)13-25-26(28)22-11-10-21(14-24(22)33-25)31-15-17-6-8-20(9-7-17)27(29)30/h2-14,16H,15H2,1H3. The lowest BCUT2D eigenvalue weighted by Crippen LogP contribution is -2.18. The monoisotopic (exact) mass is 441 g/mol. The van der Waals surface area contributed by atoms with E-state index in [1.165, 1.54) is 12.1 Å². The minimum absolute atomic E-state index is 0.0267. The van der Waals surface area contributed by atoms with Crippen LogP contribution in [0.1, 0.15) is 28.4 Å². The van der Waals surface area contributed by atoms with Crippen molar-refractivity contribution < 1.29 is 23.9 Å². The Balaban J connectivity index is 1.32. The van der Waals surface area contributed by atoms with Crippen LogP contribution in [-0.2, 0) is 6.61 Å². The number of ketones is 1. The van der Waals surface area contributed by atoms with Crippen LogP contribution in [0.25, 0.3) is 6.08 Å². The van der Waals surface area contributed by atoms with Gasteiger partial charge in [0, 0.05) is 23.8 Å². The highest BCUT2D eigenvalue weighted by Gasteiger charge is 2.29. The predicted octanol–water partition coefficient (Wildman–Crippen LogP) is 5.50. The average molecular weight is 441 g/mol. The molecule has 1 unspecified atom stereocenters. The number of nitro groups is 1. The van der Waals surface area contributed by atoms with E-state index in [1.54, 1.807) is 36.4 Å². The number of nitrogens with zero attached hydrogens (tertiary/aromatic N) is 1. The SMILES string of the molecule is CC1Oc2ccccc2C=C1C=C1Oc2cc(OCc3ccc([N+](=O)[O-])cc3)ccc2C1=O. The van der Waals surface area contributed by atoms with E-state index < -0.39 is 4.92 Å². The lowest BCUT2D eigenvalue weighted by molar-refractivity contribution is -0.384. The van der Waals surface area contributed by atoms with Crippen molar-refractivity contribution in [3.63, 3.8) is 0 Å². The van der Waals surface area contributed by atoms with E-state index in [9.17, 15) is 14.9 Å². The molecular formula is C26H19NO6. The number of Topliss-reactive ketones (excluding diaryl/α,β-unsaturated/α-hetero) is 1. The molecule has 7 nitrogen and oxygen atoms in total. The molecule has 0 saturated heterocycles. The van der Waals surface area contributed by atoms with E-state index >= 15 is 0 Å². The number of hydrogen-bond acceptors (Lipinski definition) is 6. The number of carbonyl (C=O) groups excluding carboxylic acids is 1. The van der Waals surface area contributed by atoms with Gasteiger partial charge in [0.05, 0.1) is 10.5 Å². The molecule has 0 saturated carbocycles. The second kappa shape index (κ2) is 8.27. The molecule has 0 fully saturated rings. The molecule has 33 heavy (non-hydrogen) atoms. The molecule has 2 aliphatic rings. The molecule has 7 heteroatoms. The Kier molecular flexibility index (Phi) is 5.14. The number of ether oxygens (including phenoxy) is 3. The largest absolute Gasteiger partial charge is 0.489 e. The van der Waals surface area contributed by atoms with Gasteiger partial charge >= 0.3 is 0 Å². The number of hydrogen-bond donors (Lipinski definition) is 0. The third-order valence-corrected chi connectivity index (χ3v) is 5.51. The van der Waals surface area contributed by atoms with Crippen LogP contribution in [-0.4, -0.2) is 16.8 Å². The van der Waals surface area contributed by atoms with Crippen molar-refractivity contribution in [1.29, 1.82) is 0 Å². The summed E-state index contributed by atoms with van der Waals surface area (Å²) in [5.41, 5.74) is 3.08. The molecule has 0 radical (unpaired) electrons. The number of rotatable bonds is 5. The molecule has 2 heterocycles. The molecule has 164 valence electrons. The van der Waals surface area contributed by atoms with Crippen LogP contribution < -0.4 is 14.2 Å². The molecule has 3 aromatic rings. The fourth-order valence-corrected chi connectivity index (χ4v) is 3.71. The summed E-state index contributed by atoms with van der Waals surface area (Å²) < 4.78 is 17.6. The van der Waals surface area contributed by atoms with E-state index in [0.29, 0.717) is 17.1 Å². The molecule has 2 aliphatic heterocycles. The van der Waals surface area contributed by atoms with Gasteiger partial charge in [0.25, 0.3) is 5.69 Å². The minimum Gasteiger partial charge on any atom is -0.489 e. The summed E-state index contributed by atoms with van der Waals surface area (Å²) in [6.45, 7) is 2.16. The van der Waals surface area contributed by atoms with Crippen LogP contribution in [0.5, 0.6) is 17.2 Å². The lowest BCUT2D eigenvalue weighted by atomic mass is 10.0. The van der Waals surface area contributed by atoms with Crippen molar-refractivity contribution in [3.05, 3.63) is 111 Å². The second-order valence-corrected chi connectivity index (χ2v) is 7.75. The molecule has 5 rings (SSSR count). The number of nitro benzene ring substituents is 1. The van der Waals surface area contributed by atoms with Gasteiger partial charge in [-0.05, 0) is 60.5 Å². The van der Waals surface area contributed by atoms with Crippen molar-refractivity contribution >= 4 is 17.5 Å². The van der Waals surface area contributed by atoms with Crippen molar-refractivity contribution in [3.8, 4) is 17.2 Å². The van der Waals surface area contributed by atoms with Gasteiger partial charge < -0.3 is 14.2 Å². The van der Waals surface area contributed by atoms with Crippen LogP contribution in [0, 0.1) is 10.1 Å². The Hall–Kier alpha value is -4.39. The van der Waals surface area contributed by atoms with Gasteiger partial charge in [0.15, 0.2) is 5.76 Å². The van der Waals surface area contributed by atoms with Crippen molar-refractivity contribution in [1.82, 2.24) is 0 Å². The molecule has 0 N–H and O–H groups in total. The van der Waals surface area contributed by atoms with Gasteiger partial charge in [0.1, 0.15) is 30.0 Å². The maximum absolute atomic E-state index is 12.8. The van der Waals surface area contributed by atoms with Gasteiger partial charge in [-0.25, -0.2) is 0 Å². The van der Waals surface area contributed by atoms with E-state index in [2.05, 4.69) is 0 Å². The molecule has 0 aliphatic carbocycles. The summed E-state index contributed by atoms with van der Waals surface area (Å²) in [5, 5.41) is 10.8. The first kappa shape index (κ1) is 20.5. The fourth-order valence-electron chi connectivity index (χ4n) is 3.71. The first-order valence-electron chi connectivity index (χ1n) is 10.4. The zero-order valence-electron chi connectivity index (χ0n) is 17.7. The van der Waals surface area contributed by atoms with Crippen LogP contribution in [0.4, 0.5) is 5.69 Å². The topological polar surface area (TPSA) is 87.9 Å². The average Bonchev–Trinajstić information content (AvgIpc) is 3.13. The van der Waals surface area contributed by atoms with E-state index in [-0.39, 0.29) is 29.9 Å². The molecule has 3 aromatic carbocycles. The summed E-state index contributed by atoms with van der Waals surface area (Å²) in [4.78, 5) is 23.2. The van der Waals surface area contributed by atoms with Gasteiger partial charge in [-0.2, -0.15) is 0 Å². The number of benzene rings is 3. The zero-order valence-corrected chi connectivity index (χ0v) is 17.7. The molecule has 0 amide bonds. The van der Waals surface area contributed by atoms with Crippen LogP contribution >= 0.6 is 0 Å². The predicted molar refractivity (Wildman–Crippen MR) is 121 cm³/mol. The Bertz CT molecular complexity index is 1320. The summed E-state index contributed by atoms with van der Waals surface area (Å²) in [6, 6.07) is 18.9. The second-order valence-electron chi connectivity index (χ2n) is 7.75. The Labute approximate surface area is 189 Å². The van der Waals surface area contributed by atoms with Crippen molar-refractivity contribution in [2.75, 3.05) is 0 Å². The molecule has 0 bridgehead atoms. The highest BCUT2D eigenvalue weighted by molar-refractivity contribution is 6.12. The minimum atomic E-state index is -0.445. The Morgan fingerprint density at radius 1 is 1.06 bits per heavy atom. The molecule has 1 atom stereocenters. The van der Waals surface area contributed by atoms with Crippen LogP contribution in [0.2, 0.25) is 0 Å². The summed E-state index contributed by atoms with van der Waals surface area (Å²) >= 11 is 0. The summed E-state index contributed by atoms with van der Waals surface area (Å²) in [6.07, 6.45) is 3.50. The number of allylic oxidation sites excluding steroid dienone is 1. The van der Waals surface area contributed by atoms with Crippen molar-refractivity contribution in [2.24, 2.45) is 0 Å². The van der Waals surface area contributed by atoms with Gasteiger partial charge in [-0.1, -0.05) is 18.2 Å². The van der Waals surface area contributed by atoms with Gasteiger partial charge in [0.2, 0.25) is 5.78 Å². The van der Waals surface area contributed by atoms with Gasteiger partial charge in [-0.15, -0.1) is 0 Å². The van der Waals surface area contributed by atoms with Crippen LogP contribution in [0.3, 0.4) is 0 Å². The third-order valence-electron chi connectivity index (χ3n) is 5.51.